The summed E-state index contributed by atoms with van der Waals surface area (Å²) in [7, 11) is -2.54. The first-order valence-corrected chi connectivity index (χ1v) is 7.42. The standard InChI is InChI=1S/C11H21NO6S/c1-11(2,3)7-19(16,17)12-8(10(14)15)5-6-9(13)18-4/h8,12H,5-7H2,1-4H3,(H,14,15). The van der Waals surface area contributed by atoms with Gasteiger partial charge in [-0.3, -0.25) is 9.59 Å². The molecule has 0 aromatic carbocycles. The van der Waals surface area contributed by atoms with Gasteiger partial charge in [0.15, 0.2) is 0 Å². The first kappa shape index (κ1) is 17.8. The molecule has 1 atom stereocenters. The van der Waals surface area contributed by atoms with Crippen molar-refractivity contribution in [2.24, 2.45) is 5.41 Å². The minimum Gasteiger partial charge on any atom is -0.480 e. The van der Waals surface area contributed by atoms with Gasteiger partial charge in [0.05, 0.1) is 12.9 Å². The number of methoxy groups -OCH3 is 1. The molecule has 0 aromatic heterocycles. The van der Waals surface area contributed by atoms with Crippen LogP contribution in [0.3, 0.4) is 0 Å². The molecule has 0 fully saturated rings. The zero-order valence-electron chi connectivity index (χ0n) is 11.6. The molecular formula is C11H21NO6S. The number of carboxylic acid groups (broad SMARTS) is 1. The molecule has 0 spiro atoms. The van der Waals surface area contributed by atoms with Crippen LogP contribution in [0, 0.1) is 5.41 Å². The van der Waals surface area contributed by atoms with Crippen LogP contribution in [0.2, 0.25) is 0 Å². The minimum atomic E-state index is -3.72. The highest BCUT2D eigenvalue weighted by Gasteiger charge is 2.28. The lowest BCUT2D eigenvalue weighted by Crippen LogP contribution is -2.44. The number of rotatable bonds is 7. The van der Waals surface area contributed by atoms with Gasteiger partial charge in [-0.05, 0) is 11.8 Å². The molecule has 1 unspecified atom stereocenters. The number of ether oxygens (including phenoxy) is 1. The lowest BCUT2D eigenvalue weighted by atomic mass is 10.0. The normalized spacial score (nSPS) is 13.9. The first-order chi connectivity index (χ1) is 8.47. The van der Waals surface area contributed by atoms with Gasteiger partial charge in [-0.25, -0.2) is 13.1 Å². The van der Waals surface area contributed by atoms with E-state index in [-0.39, 0.29) is 18.6 Å². The monoisotopic (exact) mass is 295 g/mol. The quantitative estimate of drug-likeness (QED) is 0.656. The maximum Gasteiger partial charge on any atom is 0.321 e. The van der Waals surface area contributed by atoms with E-state index < -0.39 is 33.4 Å². The Bertz CT molecular complexity index is 423. The number of carbonyl (C=O) groups excluding carboxylic acids is 1. The largest absolute Gasteiger partial charge is 0.480 e. The Balaban J connectivity index is 4.67. The van der Waals surface area contributed by atoms with Crippen LogP contribution in [0.4, 0.5) is 0 Å². The maximum absolute atomic E-state index is 11.8. The summed E-state index contributed by atoms with van der Waals surface area (Å²) in [5, 5.41) is 8.94. The third-order valence-electron chi connectivity index (χ3n) is 2.11. The van der Waals surface area contributed by atoms with Crippen molar-refractivity contribution in [1.82, 2.24) is 4.72 Å². The van der Waals surface area contributed by atoms with Gasteiger partial charge in [0, 0.05) is 6.42 Å². The van der Waals surface area contributed by atoms with Crippen molar-refractivity contribution in [2.75, 3.05) is 12.9 Å². The van der Waals surface area contributed by atoms with Crippen molar-refractivity contribution in [3.05, 3.63) is 0 Å². The average Bonchev–Trinajstić information content (AvgIpc) is 2.19. The summed E-state index contributed by atoms with van der Waals surface area (Å²) < 4.78 is 30.0. The van der Waals surface area contributed by atoms with Crippen LogP contribution in [-0.4, -0.2) is 44.4 Å². The van der Waals surface area contributed by atoms with Crippen molar-refractivity contribution in [2.45, 2.75) is 39.7 Å². The first-order valence-electron chi connectivity index (χ1n) is 5.76. The summed E-state index contributed by atoms with van der Waals surface area (Å²) in [4.78, 5) is 21.9. The molecule has 0 aromatic rings. The van der Waals surface area contributed by atoms with E-state index in [9.17, 15) is 18.0 Å². The number of hydrogen-bond acceptors (Lipinski definition) is 5. The molecule has 2 N–H and O–H groups in total. The highest BCUT2D eigenvalue weighted by atomic mass is 32.2. The maximum atomic E-state index is 11.8. The SMILES string of the molecule is COC(=O)CCC(NS(=O)(=O)CC(C)(C)C)C(=O)O. The number of carbonyl (C=O) groups is 2. The predicted molar refractivity (Wildman–Crippen MR) is 69.1 cm³/mol. The van der Waals surface area contributed by atoms with E-state index in [2.05, 4.69) is 9.46 Å². The third kappa shape index (κ3) is 8.55. The van der Waals surface area contributed by atoms with Crippen molar-refractivity contribution in [1.29, 1.82) is 0 Å². The molecular weight excluding hydrogens is 274 g/mol. The number of nitrogens with one attached hydrogen (secondary N) is 1. The number of carboxylic acids is 1. The van der Waals surface area contributed by atoms with Crippen LogP contribution in [0.15, 0.2) is 0 Å². The van der Waals surface area contributed by atoms with E-state index >= 15 is 0 Å². The predicted octanol–water partition coefficient (Wildman–Crippen LogP) is 0.358. The number of esters is 1. The van der Waals surface area contributed by atoms with Crippen molar-refractivity contribution >= 4 is 22.0 Å². The lowest BCUT2D eigenvalue weighted by Gasteiger charge is -2.20. The zero-order chi connectivity index (χ0) is 15.3. The van der Waals surface area contributed by atoms with E-state index in [0.717, 1.165) is 0 Å². The summed E-state index contributed by atoms with van der Waals surface area (Å²) >= 11 is 0. The molecule has 0 rings (SSSR count). The Labute approximate surface area is 113 Å². The number of sulfonamides is 1. The topological polar surface area (TPSA) is 110 Å². The van der Waals surface area contributed by atoms with Gasteiger partial charge in [0.2, 0.25) is 10.0 Å². The van der Waals surface area contributed by atoms with Crippen LogP contribution < -0.4 is 4.72 Å². The van der Waals surface area contributed by atoms with Gasteiger partial charge in [0.25, 0.3) is 0 Å². The van der Waals surface area contributed by atoms with Gasteiger partial charge in [0.1, 0.15) is 6.04 Å². The molecule has 8 heteroatoms. The molecule has 0 aliphatic carbocycles. The molecule has 7 nitrogen and oxygen atoms in total. The molecule has 0 saturated heterocycles. The number of aliphatic carboxylic acids is 1. The van der Waals surface area contributed by atoms with Crippen molar-refractivity contribution < 1.29 is 27.9 Å². The zero-order valence-corrected chi connectivity index (χ0v) is 12.4. The molecule has 0 bridgehead atoms. The summed E-state index contributed by atoms with van der Waals surface area (Å²) in [5.74, 6) is -2.09. The second-order valence-electron chi connectivity index (χ2n) is 5.44. The molecule has 112 valence electrons. The number of hydrogen-bond donors (Lipinski definition) is 2. The summed E-state index contributed by atoms with van der Waals surface area (Å²) in [6.45, 7) is 5.20. The molecule has 0 saturated carbocycles. The fourth-order valence-electron chi connectivity index (χ4n) is 1.43. The van der Waals surface area contributed by atoms with Crippen LogP contribution >= 0.6 is 0 Å². The van der Waals surface area contributed by atoms with E-state index in [4.69, 9.17) is 5.11 Å². The Morgan fingerprint density at radius 2 is 1.84 bits per heavy atom. The summed E-state index contributed by atoms with van der Waals surface area (Å²) in [6.07, 6.45) is -0.309. The van der Waals surface area contributed by atoms with E-state index in [1.807, 2.05) is 0 Å². The minimum absolute atomic E-state index is 0.147. The Hall–Kier alpha value is -1.15. The van der Waals surface area contributed by atoms with Gasteiger partial charge < -0.3 is 9.84 Å². The fraction of sp³-hybridized carbons (Fsp3) is 0.818. The second kappa shape index (κ2) is 6.85. The Kier molecular flexibility index (Phi) is 6.44. The smallest absolute Gasteiger partial charge is 0.321 e. The van der Waals surface area contributed by atoms with Crippen LogP contribution in [0.25, 0.3) is 0 Å². The van der Waals surface area contributed by atoms with Crippen molar-refractivity contribution in [3.63, 3.8) is 0 Å². The van der Waals surface area contributed by atoms with Gasteiger partial charge in [-0.15, -0.1) is 0 Å². The van der Waals surface area contributed by atoms with E-state index in [1.165, 1.54) is 7.11 Å². The molecule has 0 aliphatic rings. The summed E-state index contributed by atoms with van der Waals surface area (Å²) in [5.41, 5.74) is -0.489. The molecule has 0 aliphatic heterocycles. The van der Waals surface area contributed by atoms with Crippen molar-refractivity contribution in [3.8, 4) is 0 Å². The highest BCUT2D eigenvalue weighted by molar-refractivity contribution is 7.89. The molecule has 0 heterocycles. The van der Waals surface area contributed by atoms with Gasteiger partial charge in [-0.1, -0.05) is 20.8 Å². The average molecular weight is 295 g/mol. The van der Waals surface area contributed by atoms with Crippen LogP contribution in [0.5, 0.6) is 0 Å². The van der Waals surface area contributed by atoms with E-state index in [1.54, 1.807) is 20.8 Å². The van der Waals surface area contributed by atoms with Crippen LogP contribution in [0.1, 0.15) is 33.6 Å². The Morgan fingerprint density at radius 1 is 1.32 bits per heavy atom. The highest BCUT2D eigenvalue weighted by Crippen LogP contribution is 2.16. The van der Waals surface area contributed by atoms with Crippen LogP contribution in [-0.2, 0) is 24.3 Å². The van der Waals surface area contributed by atoms with Gasteiger partial charge >= 0.3 is 11.9 Å². The third-order valence-corrected chi connectivity index (χ3v) is 4.00. The lowest BCUT2D eigenvalue weighted by molar-refractivity contribution is -0.142. The fourth-order valence-corrected chi connectivity index (χ4v) is 3.30. The molecule has 19 heavy (non-hydrogen) atoms. The molecule has 0 radical (unpaired) electrons. The Morgan fingerprint density at radius 3 is 2.21 bits per heavy atom. The summed E-state index contributed by atoms with van der Waals surface area (Å²) in [6, 6.07) is -1.33. The second-order valence-corrected chi connectivity index (χ2v) is 7.20. The molecule has 0 amide bonds. The van der Waals surface area contributed by atoms with E-state index in [0.29, 0.717) is 0 Å². The van der Waals surface area contributed by atoms with Gasteiger partial charge in [-0.2, -0.15) is 0 Å².